The van der Waals surface area contributed by atoms with Crippen LogP contribution in [-0.4, -0.2) is 19.9 Å². The normalized spacial score (nSPS) is 10.7. The first kappa shape index (κ1) is 14.2. The molecular weight excluding hydrogens is 289 g/mol. The van der Waals surface area contributed by atoms with Gasteiger partial charge in [-0.1, -0.05) is 5.92 Å². The number of terminal acetylenes is 1. The number of nitrogens with zero attached hydrogens (tertiary/aromatic N) is 1. The fraction of sp³-hybridized carbons (Fsp3) is 0.111. The van der Waals surface area contributed by atoms with Crippen molar-refractivity contribution in [3.8, 4) is 18.1 Å². The summed E-state index contributed by atoms with van der Waals surface area (Å²) in [4.78, 5) is 8.69. The molecule has 0 atom stereocenters. The number of hydrogen-bond acceptors (Lipinski definition) is 5. The average molecular weight is 294 g/mol. The van der Waals surface area contributed by atoms with Gasteiger partial charge in [0, 0.05) is 16.7 Å². The molecule has 0 saturated heterocycles. The summed E-state index contributed by atoms with van der Waals surface area (Å²) in [7, 11) is 0.634. The molecule has 0 saturated carbocycles. The molecule has 0 radical (unpaired) electrons. The molecule has 1 aromatic carbocycles. The van der Waals surface area contributed by atoms with E-state index in [1.165, 1.54) is 0 Å². The number of hydrogen-bond donors (Lipinski definition) is 0. The second-order valence-corrected chi connectivity index (χ2v) is 5.48. The van der Waals surface area contributed by atoms with Crippen LogP contribution in [0.5, 0.6) is 5.75 Å². The highest BCUT2D eigenvalue weighted by atomic mass is 35.7. The summed E-state index contributed by atoms with van der Waals surface area (Å²) < 4.78 is 40.6. The first-order valence-electron chi connectivity index (χ1n) is 4.26. The lowest BCUT2D eigenvalue weighted by atomic mass is 10.3. The van der Waals surface area contributed by atoms with Gasteiger partial charge >= 0.3 is 0 Å². The number of benzene rings is 1. The smallest absolute Gasteiger partial charge is 0.273 e. The maximum atomic E-state index is 13.5. The van der Waals surface area contributed by atoms with Crippen LogP contribution in [-0.2, 0) is 9.05 Å². The quantitative estimate of drug-likeness (QED) is 0.365. The number of halogens is 2. The first-order valence-corrected chi connectivity index (χ1v) is 6.57. The lowest BCUT2D eigenvalue weighted by Gasteiger charge is -2.08. The van der Waals surface area contributed by atoms with E-state index in [-0.39, 0.29) is 0 Å². The van der Waals surface area contributed by atoms with Crippen LogP contribution >= 0.6 is 10.7 Å². The van der Waals surface area contributed by atoms with E-state index in [2.05, 4.69) is 4.74 Å². The van der Waals surface area contributed by atoms with Crippen LogP contribution in [0, 0.1) is 28.3 Å². The summed E-state index contributed by atoms with van der Waals surface area (Å²) >= 11 is 0. The molecule has 0 unspecified atom stereocenters. The van der Waals surface area contributed by atoms with E-state index in [9.17, 15) is 22.9 Å². The largest absolute Gasteiger partial charge is 0.476 e. The Kier molecular flexibility index (Phi) is 4.11. The molecule has 1 aromatic rings. The third kappa shape index (κ3) is 3.09. The minimum Gasteiger partial charge on any atom is -0.476 e. The van der Waals surface area contributed by atoms with Crippen molar-refractivity contribution < 1.29 is 22.5 Å². The summed E-state index contributed by atoms with van der Waals surface area (Å²) in [6, 6.07) is 1.11. The molecule has 96 valence electrons. The van der Waals surface area contributed by atoms with Gasteiger partial charge in [-0.15, -0.1) is 6.42 Å². The van der Waals surface area contributed by atoms with E-state index < -0.39 is 42.7 Å². The number of nitro benzene ring substituents is 1. The van der Waals surface area contributed by atoms with E-state index in [4.69, 9.17) is 17.1 Å². The summed E-state index contributed by atoms with van der Waals surface area (Å²) in [6.07, 6.45) is 4.88. The van der Waals surface area contributed by atoms with E-state index in [1.807, 2.05) is 5.92 Å². The van der Waals surface area contributed by atoms with E-state index >= 15 is 0 Å². The summed E-state index contributed by atoms with van der Waals surface area (Å²) in [6.45, 7) is -0.409. The molecule has 0 aliphatic heterocycles. The zero-order valence-corrected chi connectivity index (χ0v) is 10.2. The van der Waals surface area contributed by atoms with Crippen molar-refractivity contribution in [2.24, 2.45) is 0 Å². The van der Waals surface area contributed by atoms with Crippen molar-refractivity contribution in [3.05, 3.63) is 28.1 Å². The van der Waals surface area contributed by atoms with Gasteiger partial charge in [0.1, 0.15) is 11.5 Å². The maximum Gasteiger partial charge on any atom is 0.273 e. The van der Waals surface area contributed by atoms with Crippen LogP contribution in [0.3, 0.4) is 0 Å². The Balaban J connectivity index is 3.51. The van der Waals surface area contributed by atoms with Crippen molar-refractivity contribution in [3.63, 3.8) is 0 Å². The second kappa shape index (κ2) is 5.20. The number of non-ortho nitro benzene ring substituents is 1. The molecular formula is C9H5ClFNO5S. The molecule has 0 aliphatic carbocycles. The zero-order valence-electron chi connectivity index (χ0n) is 8.59. The predicted molar refractivity (Wildman–Crippen MR) is 60.4 cm³/mol. The lowest BCUT2D eigenvalue weighted by molar-refractivity contribution is -0.385. The molecule has 18 heavy (non-hydrogen) atoms. The number of nitro groups is 1. The minimum absolute atomic E-state index is 0.409. The minimum atomic E-state index is -4.41. The van der Waals surface area contributed by atoms with E-state index in [1.54, 1.807) is 0 Å². The molecule has 0 N–H and O–H groups in total. The van der Waals surface area contributed by atoms with Crippen LogP contribution in [0.15, 0.2) is 17.0 Å². The Morgan fingerprint density at radius 1 is 1.56 bits per heavy atom. The third-order valence-corrected chi connectivity index (χ3v) is 3.09. The molecule has 0 heterocycles. The first-order chi connectivity index (χ1) is 8.27. The van der Waals surface area contributed by atoms with Crippen LogP contribution in [0.2, 0.25) is 0 Å². The zero-order chi connectivity index (χ0) is 13.9. The average Bonchev–Trinajstić information content (AvgIpc) is 2.25. The van der Waals surface area contributed by atoms with Crippen LogP contribution in [0.4, 0.5) is 10.1 Å². The molecule has 1 rings (SSSR count). The van der Waals surface area contributed by atoms with Crippen molar-refractivity contribution in [2.75, 3.05) is 6.61 Å². The van der Waals surface area contributed by atoms with Crippen molar-refractivity contribution >= 4 is 25.4 Å². The van der Waals surface area contributed by atoms with Crippen molar-refractivity contribution in [1.82, 2.24) is 0 Å². The topological polar surface area (TPSA) is 86.5 Å². The molecule has 0 amide bonds. The van der Waals surface area contributed by atoms with Crippen LogP contribution in [0.1, 0.15) is 0 Å². The van der Waals surface area contributed by atoms with Crippen LogP contribution < -0.4 is 4.74 Å². The SMILES string of the molecule is C#CCOc1c(F)cc([N+](=O)[O-])cc1S(=O)(=O)Cl. The van der Waals surface area contributed by atoms with Gasteiger partial charge in [0.2, 0.25) is 0 Å². The Morgan fingerprint density at radius 2 is 2.17 bits per heavy atom. The predicted octanol–water partition coefficient (Wildman–Crippen LogP) is 1.67. The summed E-state index contributed by atoms with van der Waals surface area (Å²) in [5.41, 5.74) is -0.764. The van der Waals surface area contributed by atoms with Gasteiger partial charge in [0.15, 0.2) is 11.6 Å². The maximum absolute atomic E-state index is 13.5. The summed E-state index contributed by atoms with van der Waals surface area (Å²) in [5, 5.41) is 10.5. The van der Waals surface area contributed by atoms with Gasteiger partial charge in [0.25, 0.3) is 14.7 Å². The standard InChI is InChI=1S/C9H5ClFNO5S/c1-2-3-17-9-7(11)4-6(12(13)14)5-8(9)18(10,15)16/h1,4-5H,3H2. The highest BCUT2D eigenvalue weighted by Crippen LogP contribution is 2.33. The van der Waals surface area contributed by atoms with Gasteiger partial charge in [0.05, 0.1) is 11.0 Å². The van der Waals surface area contributed by atoms with Gasteiger partial charge in [-0.05, 0) is 0 Å². The second-order valence-electron chi connectivity index (χ2n) is 2.94. The van der Waals surface area contributed by atoms with E-state index in [0.717, 1.165) is 0 Å². The molecule has 0 fully saturated rings. The third-order valence-electron chi connectivity index (χ3n) is 1.77. The Morgan fingerprint density at radius 3 is 2.61 bits per heavy atom. The number of ether oxygens (including phenoxy) is 1. The summed E-state index contributed by atoms with van der Waals surface area (Å²) in [5.74, 6) is 0.0194. The van der Waals surface area contributed by atoms with Crippen molar-refractivity contribution in [2.45, 2.75) is 4.90 Å². The molecule has 0 spiro atoms. The number of rotatable bonds is 4. The molecule has 0 aliphatic rings. The Hall–Kier alpha value is -1.85. The Labute approximate surface area is 106 Å². The monoisotopic (exact) mass is 293 g/mol. The van der Waals surface area contributed by atoms with E-state index in [0.29, 0.717) is 12.1 Å². The van der Waals surface area contributed by atoms with Crippen LogP contribution in [0.25, 0.3) is 0 Å². The lowest BCUT2D eigenvalue weighted by Crippen LogP contribution is -2.04. The van der Waals surface area contributed by atoms with Gasteiger partial charge in [-0.3, -0.25) is 10.1 Å². The highest BCUT2D eigenvalue weighted by molar-refractivity contribution is 8.13. The molecule has 0 aromatic heterocycles. The molecule has 6 nitrogen and oxygen atoms in total. The van der Waals surface area contributed by atoms with Gasteiger partial charge in [-0.2, -0.15) is 0 Å². The molecule has 0 bridgehead atoms. The fourth-order valence-electron chi connectivity index (χ4n) is 1.10. The fourth-order valence-corrected chi connectivity index (χ4v) is 2.08. The molecule has 9 heteroatoms. The Bertz CT molecular complexity index is 637. The highest BCUT2D eigenvalue weighted by Gasteiger charge is 2.25. The van der Waals surface area contributed by atoms with Gasteiger partial charge in [-0.25, -0.2) is 12.8 Å². The van der Waals surface area contributed by atoms with Crippen molar-refractivity contribution in [1.29, 1.82) is 0 Å². The van der Waals surface area contributed by atoms with Gasteiger partial charge < -0.3 is 4.74 Å².